The zero-order valence-electron chi connectivity index (χ0n) is 18.3. The van der Waals surface area contributed by atoms with Crippen molar-refractivity contribution in [2.75, 3.05) is 32.2 Å². The van der Waals surface area contributed by atoms with Gasteiger partial charge in [-0.05, 0) is 20.8 Å². The molecule has 2 fully saturated rings. The zero-order chi connectivity index (χ0) is 23.8. The van der Waals surface area contributed by atoms with Crippen molar-refractivity contribution in [3.05, 3.63) is 6.33 Å². The maximum atomic E-state index is 16.0. The van der Waals surface area contributed by atoms with Crippen LogP contribution in [-0.4, -0.2) is 69.8 Å². The molecule has 0 radical (unpaired) electrons. The Morgan fingerprint density at radius 2 is 2.18 bits per heavy atom. The number of halogens is 1. The first kappa shape index (κ1) is 23.8. The van der Waals surface area contributed by atoms with Gasteiger partial charge in [0.15, 0.2) is 23.1 Å². The van der Waals surface area contributed by atoms with Gasteiger partial charge in [-0.15, -0.1) is 0 Å². The predicted molar refractivity (Wildman–Crippen MR) is 110 cm³/mol. The third kappa shape index (κ3) is 4.53. The second kappa shape index (κ2) is 9.11. The number of anilines is 1. The number of phosphoric ester groups is 1. The number of alkyl halides is 1. The van der Waals surface area contributed by atoms with Gasteiger partial charge in [0, 0.05) is 0 Å². The van der Waals surface area contributed by atoms with Crippen molar-refractivity contribution < 1.29 is 41.5 Å². The molecule has 182 valence electrons. The first-order chi connectivity index (χ1) is 15.7. The largest absolute Gasteiger partial charge is 0.476 e. The Morgan fingerprint density at radius 1 is 1.39 bits per heavy atom. The molecule has 2 aliphatic heterocycles. The van der Waals surface area contributed by atoms with Crippen molar-refractivity contribution in [2.24, 2.45) is 0 Å². The lowest BCUT2D eigenvalue weighted by molar-refractivity contribution is -0.143. The van der Waals surface area contributed by atoms with Gasteiger partial charge in [0.25, 0.3) is 0 Å². The number of hydrogen-bond donors (Lipinski definition) is 1. The Hall–Kier alpha value is -2.38. The lowest BCUT2D eigenvalue weighted by Gasteiger charge is -2.33. The molecule has 2 saturated heterocycles. The zero-order valence-corrected chi connectivity index (χ0v) is 19.2. The number of fused-ring (bicyclic) bond motifs is 2. The molecule has 13 nitrogen and oxygen atoms in total. The Morgan fingerprint density at radius 3 is 2.91 bits per heavy atom. The number of imidazole rings is 1. The van der Waals surface area contributed by atoms with E-state index in [2.05, 4.69) is 15.0 Å². The van der Waals surface area contributed by atoms with E-state index >= 15 is 4.39 Å². The number of esters is 1. The van der Waals surface area contributed by atoms with Gasteiger partial charge < -0.3 is 19.9 Å². The first-order valence-corrected chi connectivity index (χ1v) is 11.8. The monoisotopic (exact) mass is 489 g/mol. The lowest BCUT2D eigenvalue weighted by atomic mass is 9.98. The minimum Gasteiger partial charge on any atom is -0.476 e. The van der Waals surface area contributed by atoms with E-state index < -0.39 is 37.9 Å². The normalized spacial score (nSPS) is 31.5. The van der Waals surface area contributed by atoms with Crippen molar-refractivity contribution in [2.45, 2.75) is 51.3 Å². The molecule has 5 unspecified atom stereocenters. The lowest BCUT2D eigenvalue weighted by Crippen LogP contribution is -2.44. The summed E-state index contributed by atoms with van der Waals surface area (Å²) in [7, 11) is -4.13. The Bertz CT molecular complexity index is 1080. The van der Waals surface area contributed by atoms with Gasteiger partial charge in [0.05, 0.1) is 39.2 Å². The molecule has 2 N–H and O–H groups in total. The number of nitrogens with two attached hydrogens (primary N) is 1. The summed E-state index contributed by atoms with van der Waals surface area (Å²) < 4.78 is 62.1. The number of aromatic nitrogens is 4. The number of phosphoric acid groups is 1. The van der Waals surface area contributed by atoms with Gasteiger partial charge in [0.1, 0.15) is 12.2 Å². The molecule has 2 aromatic rings. The summed E-state index contributed by atoms with van der Waals surface area (Å²) in [5.74, 6) is -0.449. The molecule has 0 aromatic carbocycles. The number of carbonyl (C=O) groups is 1. The van der Waals surface area contributed by atoms with Crippen LogP contribution >= 0.6 is 7.82 Å². The molecule has 15 heteroatoms. The van der Waals surface area contributed by atoms with E-state index in [1.165, 1.54) is 17.8 Å². The molecule has 0 bridgehead atoms. The third-order valence-electron chi connectivity index (χ3n) is 5.12. The van der Waals surface area contributed by atoms with Crippen LogP contribution in [0.3, 0.4) is 0 Å². The maximum absolute atomic E-state index is 16.0. The summed E-state index contributed by atoms with van der Waals surface area (Å²) in [5, 5.41) is 0. The molecule has 4 rings (SSSR count). The fraction of sp³-hybridized carbons (Fsp3) is 0.667. The quantitative estimate of drug-likeness (QED) is 0.425. The van der Waals surface area contributed by atoms with Crippen LogP contribution in [0.4, 0.5) is 10.3 Å². The molecule has 5 atom stereocenters. The Labute approximate surface area is 188 Å². The van der Waals surface area contributed by atoms with E-state index in [0.717, 1.165) is 0 Å². The fourth-order valence-corrected chi connectivity index (χ4v) is 5.16. The van der Waals surface area contributed by atoms with Crippen molar-refractivity contribution in [1.29, 1.82) is 0 Å². The van der Waals surface area contributed by atoms with Crippen LogP contribution in [0.25, 0.3) is 11.2 Å². The third-order valence-corrected chi connectivity index (χ3v) is 6.57. The van der Waals surface area contributed by atoms with E-state index in [-0.39, 0.29) is 49.2 Å². The van der Waals surface area contributed by atoms with Crippen LogP contribution in [0.1, 0.15) is 33.4 Å². The number of carbonyl (C=O) groups excluding carboxylic acids is 1. The van der Waals surface area contributed by atoms with Crippen LogP contribution in [0, 0.1) is 0 Å². The van der Waals surface area contributed by atoms with Crippen molar-refractivity contribution in [3.63, 3.8) is 0 Å². The number of rotatable bonds is 8. The molecule has 0 saturated carbocycles. The summed E-state index contributed by atoms with van der Waals surface area (Å²) >= 11 is 0. The number of nitrogen functional groups attached to an aromatic ring is 1. The molecular weight excluding hydrogens is 464 g/mol. The highest BCUT2D eigenvalue weighted by molar-refractivity contribution is 7.48. The van der Waals surface area contributed by atoms with Crippen LogP contribution in [0.5, 0.6) is 5.88 Å². The van der Waals surface area contributed by atoms with Crippen LogP contribution in [-0.2, 0) is 32.4 Å². The standard InChI is InChI=1S/C18H25FN5O8P/c1-4-27-11(25)6-7-29-33(26)30-8-10-13(32-33)18(3,19)16(31-10)24-9-21-12-14(24)22-17(20)23-15(12)28-5-2/h9-10,13,16H,4-8H2,1-3H3,(H2,20,22,23). The van der Waals surface area contributed by atoms with Gasteiger partial charge in [-0.2, -0.15) is 9.97 Å². The van der Waals surface area contributed by atoms with Gasteiger partial charge in [-0.25, -0.2) is 13.9 Å². The van der Waals surface area contributed by atoms with E-state index in [1.807, 2.05) is 0 Å². The fourth-order valence-electron chi connectivity index (χ4n) is 3.70. The van der Waals surface area contributed by atoms with Gasteiger partial charge in [0.2, 0.25) is 11.8 Å². The molecular formula is C18H25FN5O8P. The molecule has 0 spiro atoms. The van der Waals surface area contributed by atoms with Crippen LogP contribution < -0.4 is 10.5 Å². The Balaban J connectivity index is 1.54. The van der Waals surface area contributed by atoms with Crippen molar-refractivity contribution >= 4 is 30.9 Å². The van der Waals surface area contributed by atoms with Crippen LogP contribution in [0.15, 0.2) is 6.33 Å². The van der Waals surface area contributed by atoms with Crippen molar-refractivity contribution in [1.82, 2.24) is 19.5 Å². The summed E-state index contributed by atoms with van der Waals surface area (Å²) in [6.45, 7) is 4.69. The van der Waals surface area contributed by atoms with Gasteiger partial charge in [-0.1, -0.05) is 0 Å². The SMILES string of the molecule is CCOC(=O)CCOP1(=O)OCC2OC(n3cnc4c(OCC)nc(N)nc43)C(C)(F)C2O1. The van der Waals surface area contributed by atoms with E-state index in [9.17, 15) is 9.36 Å². The molecule has 2 aliphatic rings. The van der Waals surface area contributed by atoms with Crippen LogP contribution in [0.2, 0.25) is 0 Å². The number of nitrogens with zero attached hydrogens (tertiary/aromatic N) is 4. The summed E-state index contributed by atoms with van der Waals surface area (Å²) in [6.07, 6.45) is -2.25. The van der Waals surface area contributed by atoms with E-state index in [4.69, 9.17) is 33.5 Å². The average Bonchev–Trinajstić information content (AvgIpc) is 3.26. The van der Waals surface area contributed by atoms with Gasteiger partial charge in [-0.3, -0.25) is 22.9 Å². The second-order valence-corrected chi connectivity index (χ2v) is 9.10. The molecule has 33 heavy (non-hydrogen) atoms. The molecule has 2 aromatic heterocycles. The summed E-state index contributed by atoms with van der Waals surface area (Å²) in [6, 6.07) is 0. The summed E-state index contributed by atoms with van der Waals surface area (Å²) in [4.78, 5) is 23.8. The van der Waals surface area contributed by atoms with E-state index in [1.54, 1.807) is 13.8 Å². The van der Waals surface area contributed by atoms with E-state index in [0.29, 0.717) is 6.61 Å². The number of ether oxygens (including phenoxy) is 3. The molecule has 4 heterocycles. The summed E-state index contributed by atoms with van der Waals surface area (Å²) in [5.41, 5.74) is 4.08. The topological polar surface area (TPSA) is 159 Å². The first-order valence-electron chi connectivity index (χ1n) is 10.4. The Kier molecular flexibility index (Phi) is 6.56. The highest BCUT2D eigenvalue weighted by Gasteiger charge is 2.61. The highest BCUT2D eigenvalue weighted by atomic mass is 31.2. The van der Waals surface area contributed by atoms with Crippen molar-refractivity contribution in [3.8, 4) is 5.88 Å². The highest BCUT2D eigenvalue weighted by Crippen LogP contribution is 2.59. The second-order valence-electron chi connectivity index (χ2n) is 7.48. The maximum Gasteiger partial charge on any atom is 0.475 e. The average molecular weight is 489 g/mol. The number of hydrogen-bond acceptors (Lipinski definition) is 12. The molecule has 0 aliphatic carbocycles. The minimum absolute atomic E-state index is 0.0808. The van der Waals surface area contributed by atoms with Gasteiger partial charge >= 0.3 is 13.8 Å². The molecule has 0 amide bonds. The smallest absolute Gasteiger partial charge is 0.475 e. The minimum atomic E-state index is -4.13. The predicted octanol–water partition coefficient (Wildman–Crippen LogP) is 1.93.